The molecule has 0 aromatic carbocycles. The summed E-state index contributed by atoms with van der Waals surface area (Å²) in [6.45, 7) is 2.26. The Hall–Kier alpha value is -1.85. The Morgan fingerprint density at radius 3 is 1.56 bits per heavy atom. The Morgan fingerprint density at radius 1 is 0.688 bits per heavy atom. The quantitative estimate of drug-likeness (QED) is 0.119. The molecular weight excluding hydrogens is 406 g/mol. The number of amides is 1. The fourth-order valence-corrected chi connectivity index (χ4v) is 3.70. The number of hydrogen-bond donors (Lipinski definition) is 3. The highest BCUT2D eigenvalue weighted by molar-refractivity contribution is 5.86. The van der Waals surface area contributed by atoms with Gasteiger partial charge in [0.05, 0.1) is 6.42 Å². The summed E-state index contributed by atoms with van der Waals surface area (Å²) in [5, 5.41) is 19.9. The van der Waals surface area contributed by atoms with E-state index in [4.69, 9.17) is 10.2 Å². The maximum atomic E-state index is 11.7. The number of hydrogen-bond acceptors (Lipinski definition) is 3. The van der Waals surface area contributed by atoms with Crippen molar-refractivity contribution in [3.8, 4) is 0 Å². The summed E-state index contributed by atoms with van der Waals surface area (Å²) in [5.41, 5.74) is 0. The average molecular weight is 454 g/mol. The van der Waals surface area contributed by atoms with Gasteiger partial charge in [0.15, 0.2) is 0 Å². The van der Waals surface area contributed by atoms with Gasteiger partial charge >= 0.3 is 11.9 Å². The number of rotatable bonds is 23. The maximum Gasteiger partial charge on any atom is 0.326 e. The molecule has 0 aliphatic carbocycles. The molecule has 0 unspecified atom stereocenters. The molecule has 0 aliphatic heterocycles. The second-order valence-corrected chi connectivity index (χ2v) is 8.80. The van der Waals surface area contributed by atoms with Gasteiger partial charge in [-0.2, -0.15) is 0 Å². The van der Waals surface area contributed by atoms with Crippen molar-refractivity contribution in [1.29, 1.82) is 0 Å². The van der Waals surface area contributed by atoms with Gasteiger partial charge in [-0.3, -0.25) is 9.59 Å². The van der Waals surface area contributed by atoms with Crippen LogP contribution in [0.5, 0.6) is 0 Å². The molecule has 32 heavy (non-hydrogen) atoms. The van der Waals surface area contributed by atoms with E-state index in [1.54, 1.807) is 0 Å². The summed E-state index contributed by atoms with van der Waals surface area (Å²) < 4.78 is 0. The van der Waals surface area contributed by atoms with Crippen LogP contribution in [-0.4, -0.2) is 34.1 Å². The lowest BCUT2D eigenvalue weighted by atomic mass is 10.1. The van der Waals surface area contributed by atoms with Crippen LogP contribution in [0.2, 0.25) is 0 Å². The van der Waals surface area contributed by atoms with Crippen LogP contribution in [0.3, 0.4) is 0 Å². The molecule has 0 aromatic rings. The van der Waals surface area contributed by atoms with Crippen molar-refractivity contribution in [3.63, 3.8) is 0 Å². The van der Waals surface area contributed by atoms with Crippen molar-refractivity contribution < 1.29 is 24.6 Å². The van der Waals surface area contributed by atoms with Crippen LogP contribution in [0.15, 0.2) is 12.2 Å². The second kappa shape index (κ2) is 22.3. The fourth-order valence-electron chi connectivity index (χ4n) is 3.70. The Kier molecular flexibility index (Phi) is 21.1. The predicted octanol–water partition coefficient (Wildman–Crippen LogP) is 6.63. The monoisotopic (exact) mass is 453 g/mol. The van der Waals surface area contributed by atoms with Crippen LogP contribution >= 0.6 is 0 Å². The minimum Gasteiger partial charge on any atom is -0.481 e. The molecule has 0 fully saturated rings. The van der Waals surface area contributed by atoms with Crippen molar-refractivity contribution in [3.05, 3.63) is 12.2 Å². The third kappa shape index (κ3) is 21.4. The molecular formula is C26H47NO5. The zero-order chi connectivity index (χ0) is 23.9. The molecule has 0 bridgehead atoms. The lowest BCUT2D eigenvalue weighted by molar-refractivity contribution is -0.147. The molecule has 0 spiro atoms. The molecule has 1 atom stereocenters. The molecule has 0 aliphatic rings. The second-order valence-electron chi connectivity index (χ2n) is 8.80. The van der Waals surface area contributed by atoms with Crippen LogP contribution in [0.25, 0.3) is 0 Å². The summed E-state index contributed by atoms with van der Waals surface area (Å²) in [4.78, 5) is 33.3. The van der Waals surface area contributed by atoms with Crippen LogP contribution in [0, 0.1) is 0 Å². The van der Waals surface area contributed by atoms with Gasteiger partial charge in [0.2, 0.25) is 5.91 Å². The van der Waals surface area contributed by atoms with Gasteiger partial charge in [0.1, 0.15) is 6.04 Å². The first-order chi connectivity index (χ1) is 15.5. The first-order valence-corrected chi connectivity index (χ1v) is 12.9. The molecule has 6 nitrogen and oxygen atoms in total. The van der Waals surface area contributed by atoms with Gasteiger partial charge in [-0.15, -0.1) is 0 Å². The molecule has 6 heteroatoms. The Labute approximate surface area is 195 Å². The summed E-state index contributed by atoms with van der Waals surface area (Å²) >= 11 is 0. The van der Waals surface area contributed by atoms with Crippen LogP contribution in [-0.2, 0) is 14.4 Å². The number of carboxylic acids is 2. The van der Waals surface area contributed by atoms with Crippen molar-refractivity contribution >= 4 is 17.8 Å². The third-order valence-corrected chi connectivity index (χ3v) is 5.68. The molecule has 0 saturated carbocycles. The van der Waals surface area contributed by atoms with Crippen molar-refractivity contribution in [1.82, 2.24) is 5.32 Å². The molecule has 0 rings (SSSR count). The zero-order valence-electron chi connectivity index (χ0n) is 20.3. The standard InChI is InChI=1S/C26H47NO5/c1-2-3-4-5-6-7-8-9-10-11-12-13-14-15-16-17-18-19-20-21-24(28)27-23(26(31)32)22-25(29)30/h9-10,23H,2-8,11-22H2,1H3,(H,27,28)(H,29,30)(H,31,32)/b10-9-/t23-/m0/s1. The van der Waals surface area contributed by atoms with Gasteiger partial charge in [-0.1, -0.05) is 96.1 Å². The normalized spacial score (nSPS) is 12.2. The van der Waals surface area contributed by atoms with Gasteiger partial charge in [-0.05, 0) is 32.1 Å². The largest absolute Gasteiger partial charge is 0.481 e. The molecule has 186 valence electrons. The first kappa shape index (κ1) is 30.1. The summed E-state index contributed by atoms with van der Waals surface area (Å²) in [6.07, 6.45) is 25.2. The number of unbranched alkanes of at least 4 members (excludes halogenated alkanes) is 15. The molecule has 3 N–H and O–H groups in total. The number of carbonyl (C=O) groups excluding carboxylic acids is 1. The van der Waals surface area contributed by atoms with Crippen LogP contribution in [0.1, 0.15) is 129 Å². The lowest BCUT2D eigenvalue weighted by Gasteiger charge is -2.12. The zero-order valence-corrected chi connectivity index (χ0v) is 20.3. The molecule has 0 saturated heterocycles. The van der Waals surface area contributed by atoms with E-state index in [0.717, 1.165) is 19.3 Å². The Morgan fingerprint density at radius 2 is 1.12 bits per heavy atom. The van der Waals surface area contributed by atoms with Gasteiger partial charge < -0.3 is 15.5 Å². The highest BCUT2D eigenvalue weighted by Gasteiger charge is 2.22. The van der Waals surface area contributed by atoms with E-state index in [1.807, 2.05) is 0 Å². The molecule has 0 radical (unpaired) electrons. The van der Waals surface area contributed by atoms with Crippen molar-refractivity contribution in [2.45, 2.75) is 135 Å². The molecule has 1 amide bonds. The van der Waals surface area contributed by atoms with Crippen LogP contribution < -0.4 is 5.32 Å². The van der Waals surface area contributed by atoms with Gasteiger partial charge in [0.25, 0.3) is 0 Å². The Balaban J connectivity index is 3.40. The number of allylic oxidation sites excluding steroid dienone is 2. The van der Waals surface area contributed by atoms with Gasteiger partial charge in [-0.25, -0.2) is 4.79 Å². The number of carboxylic acid groups (broad SMARTS) is 2. The average Bonchev–Trinajstić information content (AvgIpc) is 2.74. The summed E-state index contributed by atoms with van der Waals surface area (Å²) in [5.74, 6) is -2.94. The summed E-state index contributed by atoms with van der Waals surface area (Å²) in [6, 6.07) is -1.35. The molecule has 0 aromatic heterocycles. The minimum absolute atomic E-state index is 0.246. The van der Waals surface area contributed by atoms with Crippen molar-refractivity contribution in [2.75, 3.05) is 0 Å². The minimum atomic E-state index is -1.35. The van der Waals surface area contributed by atoms with E-state index >= 15 is 0 Å². The van der Waals surface area contributed by atoms with E-state index in [1.165, 1.54) is 83.5 Å². The number of carbonyl (C=O) groups is 3. The first-order valence-electron chi connectivity index (χ1n) is 12.9. The van der Waals surface area contributed by atoms with E-state index in [-0.39, 0.29) is 12.3 Å². The van der Waals surface area contributed by atoms with Gasteiger partial charge in [0, 0.05) is 6.42 Å². The molecule has 0 heterocycles. The number of aliphatic carboxylic acids is 2. The SMILES string of the molecule is CCCCCCCC/C=C\CCCCCCCCCCCC(=O)N[C@@H](CC(=O)O)C(=O)O. The van der Waals surface area contributed by atoms with E-state index in [2.05, 4.69) is 24.4 Å². The third-order valence-electron chi connectivity index (χ3n) is 5.68. The van der Waals surface area contributed by atoms with Crippen molar-refractivity contribution in [2.24, 2.45) is 0 Å². The van der Waals surface area contributed by atoms with E-state index in [0.29, 0.717) is 6.42 Å². The fraction of sp³-hybridized carbons (Fsp3) is 0.808. The highest BCUT2D eigenvalue weighted by atomic mass is 16.4. The van der Waals surface area contributed by atoms with E-state index < -0.39 is 24.4 Å². The topological polar surface area (TPSA) is 104 Å². The Bertz CT molecular complexity index is 518. The van der Waals surface area contributed by atoms with E-state index in [9.17, 15) is 14.4 Å². The summed E-state index contributed by atoms with van der Waals surface area (Å²) in [7, 11) is 0. The maximum absolute atomic E-state index is 11.7. The highest BCUT2D eigenvalue weighted by Crippen LogP contribution is 2.12. The smallest absolute Gasteiger partial charge is 0.326 e. The predicted molar refractivity (Wildman–Crippen MR) is 130 cm³/mol. The number of nitrogens with one attached hydrogen (secondary N) is 1. The van der Waals surface area contributed by atoms with Crippen LogP contribution in [0.4, 0.5) is 0 Å². The lowest BCUT2D eigenvalue weighted by Crippen LogP contribution is -2.42.